The summed E-state index contributed by atoms with van der Waals surface area (Å²) >= 11 is 0. The minimum Gasteiger partial charge on any atom is -0.481 e. The third-order valence-electron chi connectivity index (χ3n) is 2.09. The van der Waals surface area contributed by atoms with Crippen molar-refractivity contribution in [3.8, 4) is 5.88 Å². The fourth-order valence-corrected chi connectivity index (χ4v) is 1.37. The first kappa shape index (κ1) is 8.04. The molecule has 0 aliphatic carbocycles. The monoisotopic (exact) mass is 179 g/mol. The molecular weight excluding hydrogens is 170 g/mol. The maximum absolute atomic E-state index is 10.7. The Bertz CT molecular complexity index is 337. The number of carboxylic acid groups (broad SMARTS) is 1. The van der Waals surface area contributed by atoms with Gasteiger partial charge in [0.25, 0.3) is 0 Å². The fourth-order valence-electron chi connectivity index (χ4n) is 1.37. The summed E-state index contributed by atoms with van der Waals surface area (Å²) in [5, 5.41) is 8.76. The van der Waals surface area contributed by atoms with Crippen LogP contribution >= 0.6 is 0 Å². The summed E-state index contributed by atoms with van der Waals surface area (Å²) in [6, 6.07) is 3.63. The van der Waals surface area contributed by atoms with Crippen molar-refractivity contribution in [3.05, 3.63) is 23.9 Å². The molecule has 2 heterocycles. The number of nitrogens with zero attached hydrogens (tertiary/aromatic N) is 1. The average Bonchev–Trinajstić information content (AvgIpc) is 2.17. The van der Waals surface area contributed by atoms with E-state index in [0.717, 1.165) is 5.56 Å². The summed E-state index contributed by atoms with van der Waals surface area (Å²) in [7, 11) is 0. The van der Waals surface area contributed by atoms with Crippen molar-refractivity contribution < 1.29 is 14.6 Å². The van der Waals surface area contributed by atoms with Gasteiger partial charge >= 0.3 is 5.97 Å². The number of aliphatic carboxylic acids is 1. The lowest BCUT2D eigenvalue weighted by Crippen LogP contribution is -2.28. The number of hydrogen-bond donors (Lipinski definition) is 1. The van der Waals surface area contributed by atoms with Gasteiger partial charge in [-0.25, -0.2) is 4.98 Å². The van der Waals surface area contributed by atoms with E-state index in [1.165, 1.54) is 0 Å². The third-order valence-corrected chi connectivity index (χ3v) is 2.09. The lowest BCUT2D eigenvalue weighted by atomic mass is 9.99. The zero-order valence-electron chi connectivity index (χ0n) is 6.93. The van der Waals surface area contributed by atoms with E-state index in [-0.39, 0.29) is 6.61 Å². The number of carbonyl (C=O) groups is 1. The van der Waals surface area contributed by atoms with Crippen LogP contribution in [0.1, 0.15) is 5.56 Å². The molecule has 0 amide bonds. The van der Waals surface area contributed by atoms with Gasteiger partial charge in [-0.2, -0.15) is 0 Å². The van der Waals surface area contributed by atoms with Gasteiger partial charge in [-0.3, -0.25) is 4.79 Å². The van der Waals surface area contributed by atoms with Gasteiger partial charge in [-0.05, 0) is 12.5 Å². The number of fused-ring (bicyclic) bond motifs is 1. The molecule has 13 heavy (non-hydrogen) atoms. The molecule has 0 aromatic carbocycles. The fraction of sp³-hybridized carbons (Fsp3) is 0.333. The Morgan fingerprint density at radius 2 is 2.54 bits per heavy atom. The van der Waals surface area contributed by atoms with Gasteiger partial charge in [0.2, 0.25) is 5.88 Å². The Hall–Kier alpha value is -1.58. The molecule has 4 heteroatoms. The molecule has 1 aliphatic heterocycles. The van der Waals surface area contributed by atoms with Crippen LogP contribution in [0.4, 0.5) is 0 Å². The normalized spacial score (nSPS) is 20.2. The first-order chi connectivity index (χ1) is 6.27. The van der Waals surface area contributed by atoms with Crippen molar-refractivity contribution in [2.24, 2.45) is 5.92 Å². The summed E-state index contributed by atoms with van der Waals surface area (Å²) in [5.74, 6) is -0.675. The van der Waals surface area contributed by atoms with E-state index in [9.17, 15) is 4.79 Å². The second-order valence-corrected chi connectivity index (χ2v) is 3.02. The molecule has 0 spiro atoms. The molecule has 1 aromatic rings. The number of carboxylic acids is 1. The van der Waals surface area contributed by atoms with Gasteiger partial charge in [0.15, 0.2) is 0 Å². The second-order valence-electron chi connectivity index (χ2n) is 3.02. The molecule has 0 fully saturated rings. The van der Waals surface area contributed by atoms with Crippen LogP contribution in [-0.2, 0) is 11.2 Å². The van der Waals surface area contributed by atoms with Gasteiger partial charge < -0.3 is 9.84 Å². The van der Waals surface area contributed by atoms with Gasteiger partial charge in [-0.1, -0.05) is 6.07 Å². The van der Waals surface area contributed by atoms with E-state index in [1.807, 2.05) is 6.07 Å². The minimum absolute atomic E-state index is 0.222. The van der Waals surface area contributed by atoms with Crippen LogP contribution in [-0.4, -0.2) is 22.7 Å². The zero-order chi connectivity index (χ0) is 9.26. The molecule has 1 N–H and O–H groups in total. The van der Waals surface area contributed by atoms with E-state index in [1.54, 1.807) is 12.3 Å². The second kappa shape index (κ2) is 3.05. The SMILES string of the molecule is O=C(O)C1COc2ncccc2C1. The predicted octanol–water partition coefficient (Wildman–Crippen LogP) is 0.717. The molecule has 2 rings (SSSR count). The van der Waals surface area contributed by atoms with Crippen molar-refractivity contribution in [2.75, 3.05) is 6.61 Å². The lowest BCUT2D eigenvalue weighted by Gasteiger charge is -2.20. The maximum Gasteiger partial charge on any atom is 0.310 e. The molecule has 0 radical (unpaired) electrons. The zero-order valence-corrected chi connectivity index (χ0v) is 6.93. The summed E-state index contributed by atoms with van der Waals surface area (Å²) in [5.41, 5.74) is 0.876. The van der Waals surface area contributed by atoms with Gasteiger partial charge in [-0.15, -0.1) is 0 Å². The number of pyridine rings is 1. The van der Waals surface area contributed by atoms with Crippen LogP contribution in [0.5, 0.6) is 5.88 Å². The van der Waals surface area contributed by atoms with Crippen molar-refractivity contribution in [1.82, 2.24) is 4.98 Å². The molecular formula is C9H9NO3. The highest BCUT2D eigenvalue weighted by Gasteiger charge is 2.25. The standard InChI is InChI=1S/C9H9NO3/c11-9(12)7-4-6-2-1-3-10-8(6)13-5-7/h1-3,7H,4-5H2,(H,11,12). The molecule has 1 aromatic heterocycles. The van der Waals surface area contributed by atoms with Gasteiger partial charge in [0.05, 0.1) is 5.92 Å². The van der Waals surface area contributed by atoms with Gasteiger partial charge in [0.1, 0.15) is 6.61 Å². The van der Waals surface area contributed by atoms with E-state index in [0.29, 0.717) is 12.3 Å². The number of ether oxygens (including phenoxy) is 1. The van der Waals surface area contributed by atoms with Crippen molar-refractivity contribution in [3.63, 3.8) is 0 Å². The van der Waals surface area contributed by atoms with E-state index in [4.69, 9.17) is 9.84 Å². The predicted molar refractivity (Wildman–Crippen MR) is 44.6 cm³/mol. The Balaban J connectivity index is 2.24. The first-order valence-corrected chi connectivity index (χ1v) is 4.07. The number of aromatic nitrogens is 1. The quantitative estimate of drug-likeness (QED) is 0.690. The minimum atomic E-state index is -0.811. The summed E-state index contributed by atoms with van der Waals surface area (Å²) < 4.78 is 5.21. The lowest BCUT2D eigenvalue weighted by molar-refractivity contribution is -0.143. The molecule has 1 aliphatic rings. The molecule has 1 unspecified atom stereocenters. The van der Waals surface area contributed by atoms with E-state index >= 15 is 0 Å². The summed E-state index contributed by atoms with van der Waals surface area (Å²) in [4.78, 5) is 14.7. The highest BCUT2D eigenvalue weighted by molar-refractivity contribution is 5.71. The maximum atomic E-state index is 10.7. The van der Waals surface area contributed by atoms with Crippen LogP contribution in [0.3, 0.4) is 0 Å². The van der Waals surface area contributed by atoms with Crippen LogP contribution in [0.15, 0.2) is 18.3 Å². The number of rotatable bonds is 1. The van der Waals surface area contributed by atoms with Crippen molar-refractivity contribution >= 4 is 5.97 Å². The third kappa shape index (κ3) is 1.47. The van der Waals surface area contributed by atoms with E-state index < -0.39 is 11.9 Å². The molecule has 68 valence electrons. The summed E-state index contributed by atoms with van der Waals surface area (Å²) in [6.45, 7) is 0.222. The Morgan fingerprint density at radius 1 is 1.69 bits per heavy atom. The summed E-state index contributed by atoms with van der Waals surface area (Å²) in [6.07, 6.45) is 2.15. The van der Waals surface area contributed by atoms with Crippen molar-refractivity contribution in [2.45, 2.75) is 6.42 Å². The Kier molecular flexibility index (Phi) is 1.88. The van der Waals surface area contributed by atoms with Crippen LogP contribution in [0.2, 0.25) is 0 Å². The highest BCUT2D eigenvalue weighted by atomic mass is 16.5. The van der Waals surface area contributed by atoms with Gasteiger partial charge in [0, 0.05) is 11.8 Å². The largest absolute Gasteiger partial charge is 0.481 e. The van der Waals surface area contributed by atoms with E-state index in [2.05, 4.69) is 4.98 Å². The topological polar surface area (TPSA) is 59.4 Å². The smallest absolute Gasteiger partial charge is 0.310 e. The molecule has 0 saturated carbocycles. The Morgan fingerprint density at radius 3 is 3.31 bits per heavy atom. The van der Waals surface area contributed by atoms with Crippen LogP contribution in [0, 0.1) is 5.92 Å². The molecule has 4 nitrogen and oxygen atoms in total. The highest BCUT2D eigenvalue weighted by Crippen LogP contribution is 2.24. The van der Waals surface area contributed by atoms with Crippen LogP contribution < -0.4 is 4.74 Å². The molecule has 0 bridgehead atoms. The average molecular weight is 179 g/mol. The Labute approximate surface area is 75.2 Å². The molecule has 1 atom stereocenters. The first-order valence-electron chi connectivity index (χ1n) is 4.07. The van der Waals surface area contributed by atoms with Crippen molar-refractivity contribution in [1.29, 1.82) is 0 Å². The molecule has 0 saturated heterocycles. The number of hydrogen-bond acceptors (Lipinski definition) is 3. The van der Waals surface area contributed by atoms with Crippen LogP contribution in [0.25, 0.3) is 0 Å².